The van der Waals surface area contributed by atoms with Gasteiger partial charge in [-0.1, -0.05) is 104 Å². The molecule has 0 fully saturated rings. The van der Waals surface area contributed by atoms with E-state index in [1.54, 1.807) is 0 Å². The lowest BCUT2D eigenvalue weighted by Gasteiger charge is -2.11. The van der Waals surface area contributed by atoms with Crippen molar-refractivity contribution in [2.24, 2.45) is 0 Å². The van der Waals surface area contributed by atoms with E-state index < -0.39 is 0 Å². The molecule has 0 aliphatic heterocycles. The lowest BCUT2D eigenvalue weighted by Crippen LogP contribution is -1.94. The van der Waals surface area contributed by atoms with E-state index in [0.29, 0.717) is 0 Å². The van der Waals surface area contributed by atoms with Gasteiger partial charge < -0.3 is 0 Å². The Hall–Kier alpha value is -3.98. The SMILES string of the molecule is CC.Cc1ccc(-c2nnc3c4cc(-c5ccccc5)ccc4c4ccccc4n23)cc1. The summed E-state index contributed by atoms with van der Waals surface area (Å²) >= 11 is 0. The fourth-order valence-electron chi connectivity index (χ4n) is 4.25. The molecule has 2 aromatic heterocycles. The smallest absolute Gasteiger partial charge is 0.169 e. The second kappa shape index (κ2) is 8.27. The van der Waals surface area contributed by atoms with Crippen LogP contribution in [0.25, 0.3) is 49.8 Å². The largest absolute Gasteiger partial charge is 0.274 e. The molecule has 0 radical (unpaired) electrons. The van der Waals surface area contributed by atoms with Gasteiger partial charge in [0.2, 0.25) is 0 Å². The van der Waals surface area contributed by atoms with Crippen molar-refractivity contribution < 1.29 is 0 Å². The first-order valence-corrected chi connectivity index (χ1v) is 11.1. The molecule has 32 heavy (non-hydrogen) atoms. The molecule has 0 aliphatic carbocycles. The van der Waals surface area contributed by atoms with Crippen molar-refractivity contribution in [3.05, 3.63) is 103 Å². The van der Waals surface area contributed by atoms with Crippen molar-refractivity contribution in [2.45, 2.75) is 20.8 Å². The highest BCUT2D eigenvalue weighted by Crippen LogP contribution is 2.34. The standard InChI is InChI=1S/C27H19N3.C2H6/c1-18-11-13-20(14-12-18)26-28-29-27-24-17-21(19-7-3-2-4-8-19)15-16-22(24)23-9-5-6-10-25(23)30(26)27;1-2/h2-17H,1H3;1-2H3. The Balaban J connectivity index is 0.00000105. The minimum atomic E-state index is 0.869. The number of aromatic nitrogens is 3. The van der Waals surface area contributed by atoms with E-state index >= 15 is 0 Å². The number of hydrogen-bond acceptors (Lipinski definition) is 2. The van der Waals surface area contributed by atoms with Gasteiger partial charge >= 0.3 is 0 Å². The molecule has 3 heteroatoms. The Kier molecular flexibility index (Phi) is 5.16. The Morgan fingerprint density at radius 1 is 0.562 bits per heavy atom. The minimum Gasteiger partial charge on any atom is -0.274 e. The molecular weight excluding hydrogens is 390 g/mol. The average Bonchev–Trinajstić information content (AvgIpc) is 3.32. The summed E-state index contributed by atoms with van der Waals surface area (Å²) in [5.74, 6) is 0.869. The van der Waals surface area contributed by atoms with Crippen LogP contribution in [0.2, 0.25) is 0 Å². The first-order valence-electron chi connectivity index (χ1n) is 11.1. The second-order valence-electron chi connectivity index (χ2n) is 7.69. The fraction of sp³-hybridized carbons (Fsp3) is 0.103. The highest BCUT2D eigenvalue weighted by Gasteiger charge is 2.16. The summed E-state index contributed by atoms with van der Waals surface area (Å²) in [5.41, 5.74) is 6.68. The molecule has 0 unspecified atom stereocenters. The molecule has 0 bridgehead atoms. The Morgan fingerprint density at radius 3 is 2.03 bits per heavy atom. The van der Waals surface area contributed by atoms with Crippen LogP contribution in [0.5, 0.6) is 0 Å². The van der Waals surface area contributed by atoms with Crippen molar-refractivity contribution in [2.75, 3.05) is 0 Å². The molecule has 0 N–H and O–H groups in total. The van der Waals surface area contributed by atoms with Crippen LogP contribution in [0.4, 0.5) is 0 Å². The number of nitrogens with zero attached hydrogens (tertiary/aromatic N) is 3. The van der Waals surface area contributed by atoms with Crippen molar-refractivity contribution in [1.29, 1.82) is 0 Å². The van der Waals surface area contributed by atoms with Gasteiger partial charge in [0.25, 0.3) is 0 Å². The summed E-state index contributed by atoms with van der Waals surface area (Å²) in [6.07, 6.45) is 0. The van der Waals surface area contributed by atoms with Gasteiger partial charge in [0.1, 0.15) is 0 Å². The summed E-state index contributed by atoms with van der Waals surface area (Å²) in [6.45, 7) is 6.10. The van der Waals surface area contributed by atoms with Crippen LogP contribution >= 0.6 is 0 Å². The van der Waals surface area contributed by atoms with Crippen LogP contribution in [-0.4, -0.2) is 14.6 Å². The molecule has 0 aliphatic rings. The van der Waals surface area contributed by atoms with Crippen molar-refractivity contribution in [1.82, 2.24) is 14.6 Å². The molecule has 0 saturated heterocycles. The second-order valence-corrected chi connectivity index (χ2v) is 7.69. The Morgan fingerprint density at radius 2 is 1.25 bits per heavy atom. The minimum absolute atomic E-state index is 0.869. The molecule has 0 atom stereocenters. The molecule has 3 nitrogen and oxygen atoms in total. The van der Waals surface area contributed by atoms with Gasteiger partial charge in [-0.2, -0.15) is 0 Å². The number of para-hydroxylation sites is 1. The number of pyridine rings is 1. The summed E-state index contributed by atoms with van der Waals surface area (Å²) in [5, 5.41) is 12.8. The normalized spacial score (nSPS) is 11.0. The van der Waals surface area contributed by atoms with E-state index in [2.05, 4.69) is 113 Å². The summed E-state index contributed by atoms with van der Waals surface area (Å²) in [7, 11) is 0. The summed E-state index contributed by atoms with van der Waals surface area (Å²) in [4.78, 5) is 0. The Bertz CT molecular complexity index is 1530. The number of aryl methyl sites for hydroxylation is 1. The Labute approximate surface area is 188 Å². The third kappa shape index (κ3) is 3.23. The molecule has 0 saturated carbocycles. The maximum Gasteiger partial charge on any atom is 0.169 e. The van der Waals surface area contributed by atoms with E-state index in [1.807, 2.05) is 19.9 Å². The van der Waals surface area contributed by atoms with E-state index in [1.165, 1.54) is 27.5 Å². The zero-order valence-electron chi connectivity index (χ0n) is 18.6. The number of fused-ring (bicyclic) bond motifs is 6. The van der Waals surface area contributed by atoms with E-state index in [0.717, 1.165) is 27.9 Å². The predicted molar refractivity (Wildman–Crippen MR) is 135 cm³/mol. The number of rotatable bonds is 2. The molecule has 156 valence electrons. The highest BCUT2D eigenvalue weighted by molar-refractivity contribution is 6.13. The molecule has 6 aromatic rings. The number of benzene rings is 4. The monoisotopic (exact) mass is 415 g/mol. The molecule has 0 amide bonds. The summed E-state index contributed by atoms with van der Waals surface area (Å²) in [6, 6.07) is 34.1. The first-order chi connectivity index (χ1) is 15.8. The third-order valence-corrected chi connectivity index (χ3v) is 5.78. The lowest BCUT2D eigenvalue weighted by molar-refractivity contribution is 1.12. The van der Waals surface area contributed by atoms with Crippen LogP contribution in [0, 0.1) is 6.92 Å². The van der Waals surface area contributed by atoms with Crippen molar-refractivity contribution in [3.63, 3.8) is 0 Å². The third-order valence-electron chi connectivity index (χ3n) is 5.78. The molecule has 6 rings (SSSR count). The molecule has 4 aromatic carbocycles. The van der Waals surface area contributed by atoms with Crippen LogP contribution < -0.4 is 0 Å². The van der Waals surface area contributed by atoms with Crippen LogP contribution in [0.3, 0.4) is 0 Å². The lowest BCUT2D eigenvalue weighted by atomic mass is 9.99. The van der Waals surface area contributed by atoms with Gasteiger partial charge in [0, 0.05) is 16.3 Å². The zero-order chi connectivity index (χ0) is 22.1. The van der Waals surface area contributed by atoms with Gasteiger partial charge in [-0.3, -0.25) is 4.40 Å². The van der Waals surface area contributed by atoms with Crippen LogP contribution in [0.15, 0.2) is 97.1 Å². The van der Waals surface area contributed by atoms with Crippen molar-refractivity contribution >= 4 is 27.3 Å². The molecule has 2 heterocycles. The van der Waals surface area contributed by atoms with E-state index in [-0.39, 0.29) is 0 Å². The topological polar surface area (TPSA) is 30.2 Å². The molecular formula is C29H25N3. The quantitative estimate of drug-likeness (QED) is 0.271. The van der Waals surface area contributed by atoms with E-state index in [9.17, 15) is 0 Å². The average molecular weight is 416 g/mol. The molecule has 0 spiro atoms. The predicted octanol–water partition coefficient (Wildman–Crippen LogP) is 7.70. The van der Waals surface area contributed by atoms with Gasteiger partial charge in [0.05, 0.1) is 5.52 Å². The van der Waals surface area contributed by atoms with Gasteiger partial charge in [-0.15, -0.1) is 10.2 Å². The zero-order valence-corrected chi connectivity index (χ0v) is 18.6. The van der Waals surface area contributed by atoms with E-state index in [4.69, 9.17) is 0 Å². The summed E-state index contributed by atoms with van der Waals surface area (Å²) < 4.78 is 2.19. The van der Waals surface area contributed by atoms with Crippen molar-refractivity contribution in [3.8, 4) is 22.5 Å². The maximum absolute atomic E-state index is 4.64. The van der Waals surface area contributed by atoms with Gasteiger partial charge in [0.15, 0.2) is 11.5 Å². The van der Waals surface area contributed by atoms with Crippen LogP contribution in [-0.2, 0) is 0 Å². The van der Waals surface area contributed by atoms with Gasteiger partial charge in [-0.25, -0.2) is 0 Å². The number of hydrogen-bond donors (Lipinski definition) is 0. The first kappa shape index (κ1) is 20.0. The van der Waals surface area contributed by atoms with Gasteiger partial charge in [-0.05, 0) is 35.6 Å². The highest BCUT2D eigenvalue weighted by atomic mass is 15.2. The fourth-order valence-corrected chi connectivity index (χ4v) is 4.25. The maximum atomic E-state index is 4.64. The van der Waals surface area contributed by atoms with Crippen LogP contribution in [0.1, 0.15) is 19.4 Å².